The topological polar surface area (TPSA) is 91.2 Å². The standard InChI is InChI=1S/C29H31N3O4/c1-19-8-7-9-20(2)27(19)22-12-14-23(15-13-22)29(35)32-18-24(31-36-3)16-25(32)28(34)30-17-26(33)21-10-5-4-6-11-21/h4-15,25-26,33H,16-18H2,1-3H3,(H,30,34)/t25-,26?/m0/s1. The minimum atomic E-state index is -0.842. The van der Waals surface area contributed by atoms with Gasteiger partial charge in [-0.1, -0.05) is 65.8 Å². The molecule has 7 heteroatoms. The van der Waals surface area contributed by atoms with Crippen LogP contribution in [0.5, 0.6) is 0 Å². The molecule has 1 fully saturated rings. The van der Waals surface area contributed by atoms with Gasteiger partial charge in [-0.3, -0.25) is 9.59 Å². The molecule has 0 aliphatic carbocycles. The summed E-state index contributed by atoms with van der Waals surface area (Å²) in [6.45, 7) is 4.38. The maximum atomic E-state index is 13.5. The summed E-state index contributed by atoms with van der Waals surface area (Å²) in [6, 6.07) is 22.0. The van der Waals surface area contributed by atoms with E-state index in [4.69, 9.17) is 4.84 Å². The minimum Gasteiger partial charge on any atom is -0.399 e. The van der Waals surface area contributed by atoms with Crippen LogP contribution in [-0.2, 0) is 9.63 Å². The maximum Gasteiger partial charge on any atom is 0.254 e. The lowest BCUT2D eigenvalue weighted by Crippen LogP contribution is -2.46. The number of hydrogen-bond donors (Lipinski definition) is 2. The van der Waals surface area contributed by atoms with E-state index in [-0.39, 0.29) is 31.3 Å². The Balaban J connectivity index is 1.50. The van der Waals surface area contributed by atoms with Gasteiger partial charge in [0.1, 0.15) is 13.2 Å². The van der Waals surface area contributed by atoms with Gasteiger partial charge in [0.15, 0.2) is 0 Å². The number of aliphatic hydroxyl groups is 1. The van der Waals surface area contributed by atoms with Gasteiger partial charge < -0.3 is 20.2 Å². The summed E-state index contributed by atoms with van der Waals surface area (Å²) in [6.07, 6.45) is -0.571. The maximum absolute atomic E-state index is 13.5. The fraction of sp³-hybridized carbons (Fsp3) is 0.276. The summed E-state index contributed by atoms with van der Waals surface area (Å²) in [5.41, 5.74) is 6.35. The number of aryl methyl sites for hydroxylation is 2. The molecule has 1 aliphatic heterocycles. The number of nitrogens with zero attached hydrogens (tertiary/aromatic N) is 2. The second-order valence-electron chi connectivity index (χ2n) is 9.01. The average molecular weight is 486 g/mol. The predicted octanol–water partition coefficient (Wildman–Crippen LogP) is 4.04. The first-order valence-corrected chi connectivity index (χ1v) is 12.0. The van der Waals surface area contributed by atoms with E-state index in [1.54, 1.807) is 24.3 Å². The van der Waals surface area contributed by atoms with Crippen LogP contribution in [0, 0.1) is 13.8 Å². The quantitative estimate of drug-likeness (QED) is 0.494. The van der Waals surface area contributed by atoms with Gasteiger partial charge in [0.2, 0.25) is 5.91 Å². The highest BCUT2D eigenvalue weighted by molar-refractivity contribution is 6.05. The molecule has 0 radical (unpaired) electrons. The number of oxime groups is 1. The number of amides is 2. The molecule has 3 aromatic carbocycles. The molecule has 36 heavy (non-hydrogen) atoms. The fourth-order valence-corrected chi connectivity index (χ4v) is 4.67. The molecule has 0 saturated carbocycles. The Morgan fingerprint density at radius 1 is 1.03 bits per heavy atom. The van der Waals surface area contributed by atoms with Crippen LogP contribution in [-0.4, -0.2) is 53.8 Å². The molecule has 2 amide bonds. The Hall–Kier alpha value is -3.97. The molecule has 0 aromatic heterocycles. The summed E-state index contributed by atoms with van der Waals surface area (Å²) >= 11 is 0. The van der Waals surface area contributed by atoms with Crippen molar-refractivity contribution in [2.24, 2.45) is 5.16 Å². The van der Waals surface area contributed by atoms with Crippen LogP contribution in [0.15, 0.2) is 78.0 Å². The minimum absolute atomic E-state index is 0.0443. The Morgan fingerprint density at radius 3 is 2.33 bits per heavy atom. The van der Waals surface area contributed by atoms with Crippen molar-refractivity contribution in [2.45, 2.75) is 32.4 Å². The van der Waals surface area contributed by atoms with Crippen molar-refractivity contribution in [1.82, 2.24) is 10.2 Å². The Kier molecular flexibility index (Phi) is 7.80. The van der Waals surface area contributed by atoms with Crippen LogP contribution >= 0.6 is 0 Å². The number of rotatable bonds is 7. The monoisotopic (exact) mass is 485 g/mol. The summed E-state index contributed by atoms with van der Waals surface area (Å²) in [4.78, 5) is 33.0. The molecule has 1 heterocycles. The van der Waals surface area contributed by atoms with E-state index < -0.39 is 12.1 Å². The lowest BCUT2D eigenvalue weighted by atomic mass is 9.95. The second-order valence-corrected chi connectivity index (χ2v) is 9.01. The van der Waals surface area contributed by atoms with Crippen LogP contribution in [0.4, 0.5) is 0 Å². The molecular weight excluding hydrogens is 454 g/mol. The van der Waals surface area contributed by atoms with Gasteiger partial charge >= 0.3 is 0 Å². The summed E-state index contributed by atoms with van der Waals surface area (Å²) in [5.74, 6) is -0.597. The van der Waals surface area contributed by atoms with Gasteiger partial charge in [0.25, 0.3) is 5.91 Å². The van der Waals surface area contributed by atoms with E-state index >= 15 is 0 Å². The van der Waals surface area contributed by atoms with E-state index in [9.17, 15) is 14.7 Å². The highest BCUT2D eigenvalue weighted by Gasteiger charge is 2.38. The molecule has 0 bridgehead atoms. The lowest BCUT2D eigenvalue weighted by molar-refractivity contribution is -0.125. The molecule has 1 aliphatic rings. The highest BCUT2D eigenvalue weighted by atomic mass is 16.6. The van der Waals surface area contributed by atoms with Crippen molar-refractivity contribution in [3.05, 3.63) is 95.1 Å². The zero-order chi connectivity index (χ0) is 25.7. The Bertz CT molecular complexity index is 1240. The number of carbonyl (C=O) groups excluding carboxylic acids is 2. The Morgan fingerprint density at radius 2 is 1.69 bits per heavy atom. The van der Waals surface area contributed by atoms with Crippen LogP contribution < -0.4 is 5.32 Å². The molecule has 2 N–H and O–H groups in total. The first-order valence-electron chi connectivity index (χ1n) is 12.0. The van der Waals surface area contributed by atoms with E-state index in [2.05, 4.69) is 36.5 Å². The van der Waals surface area contributed by atoms with Crippen LogP contribution in [0.1, 0.15) is 39.6 Å². The van der Waals surface area contributed by atoms with E-state index in [1.807, 2.05) is 36.4 Å². The third kappa shape index (κ3) is 5.47. The highest BCUT2D eigenvalue weighted by Crippen LogP contribution is 2.28. The van der Waals surface area contributed by atoms with Crippen molar-refractivity contribution in [1.29, 1.82) is 0 Å². The van der Waals surface area contributed by atoms with Crippen LogP contribution in [0.25, 0.3) is 11.1 Å². The number of carbonyl (C=O) groups is 2. The van der Waals surface area contributed by atoms with Gasteiger partial charge in [-0.2, -0.15) is 0 Å². The summed E-state index contributed by atoms with van der Waals surface area (Å²) in [7, 11) is 1.44. The zero-order valence-electron chi connectivity index (χ0n) is 20.8. The van der Waals surface area contributed by atoms with Crippen molar-refractivity contribution in [3.8, 4) is 11.1 Å². The fourth-order valence-electron chi connectivity index (χ4n) is 4.67. The van der Waals surface area contributed by atoms with Gasteiger partial charge in [-0.25, -0.2) is 0 Å². The molecule has 186 valence electrons. The first-order chi connectivity index (χ1) is 17.4. The van der Waals surface area contributed by atoms with E-state index in [1.165, 1.54) is 23.1 Å². The zero-order valence-corrected chi connectivity index (χ0v) is 20.8. The van der Waals surface area contributed by atoms with Crippen molar-refractivity contribution in [2.75, 3.05) is 20.2 Å². The number of aliphatic hydroxyl groups excluding tert-OH is 1. The molecular formula is C29H31N3O4. The third-order valence-electron chi connectivity index (χ3n) is 6.50. The number of likely N-dealkylation sites (tertiary alicyclic amines) is 1. The summed E-state index contributed by atoms with van der Waals surface area (Å²) < 4.78 is 0. The molecule has 0 spiro atoms. The third-order valence-corrected chi connectivity index (χ3v) is 6.50. The lowest BCUT2D eigenvalue weighted by Gasteiger charge is -2.24. The largest absolute Gasteiger partial charge is 0.399 e. The van der Waals surface area contributed by atoms with Gasteiger partial charge in [-0.15, -0.1) is 0 Å². The summed E-state index contributed by atoms with van der Waals surface area (Å²) in [5, 5.41) is 17.2. The molecule has 3 aromatic rings. The normalized spacial score (nSPS) is 17.2. The number of hydrogen-bond acceptors (Lipinski definition) is 5. The van der Waals surface area contributed by atoms with E-state index in [0.29, 0.717) is 16.8 Å². The SMILES string of the molecule is CON=C1C[C@@H](C(=O)NCC(O)c2ccccc2)N(C(=O)c2ccc(-c3c(C)cccc3C)cc2)C1. The first kappa shape index (κ1) is 25.1. The van der Waals surface area contributed by atoms with Crippen molar-refractivity contribution >= 4 is 17.5 Å². The van der Waals surface area contributed by atoms with E-state index in [0.717, 1.165) is 11.1 Å². The van der Waals surface area contributed by atoms with Crippen molar-refractivity contribution < 1.29 is 19.5 Å². The van der Waals surface area contributed by atoms with Crippen LogP contribution in [0.2, 0.25) is 0 Å². The van der Waals surface area contributed by atoms with Gasteiger partial charge in [-0.05, 0) is 53.8 Å². The molecule has 1 unspecified atom stereocenters. The van der Waals surface area contributed by atoms with Gasteiger partial charge in [0, 0.05) is 18.5 Å². The predicted molar refractivity (Wildman–Crippen MR) is 140 cm³/mol. The molecule has 1 saturated heterocycles. The average Bonchev–Trinajstić information content (AvgIpc) is 3.32. The molecule has 4 rings (SSSR count). The molecule has 7 nitrogen and oxygen atoms in total. The second kappa shape index (κ2) is 11.2. The number of benzene rings is 3. The number of nitrogens with one attached hydrogen (secondary N) is 1. The molecule has 2 atom stereocenters. The van der Waals surface area contributed by atoms with Gasteiger partial charge in [0.05, 0.1) is 18.4 Å². The Labute approximate surface area is 211 Å². The van der Waals surface area contributed by atoms with Crippen molar-refractivity contribution in [3.63, 3.8) is 0 Å². The van der Waals surface area contributed by atoms with Crippen LogP contribution in [0.3, 0.4) is 0 Å². The smallest absolute Gasteiger partial charge is 0.254 e.